The molecule has 1 aliphatic heterocycles. The standard InChI is InChI=1S/C20H20BrNO4/c1-13-3-6-16(7-4-13)26-10-9-22-18-8-5-15(21)11-17(18)20(25,19(22)24)12-14(2)23/h3-8,11,25H,9-10,12H2,1-2H3. The maximum Gasteiger partial charge on any atom is 0.264 e. The summed E-state index contributed by atoms with van der Waals surface area (Å²) < 4.78 is 6.45. The number of fused-ring (bicyclic) bond motifs is 1. The number of nitrogens with zero attached hydrogens (tertiary/aromatic N) is 1. The van der Waals surface area contributed by atoms with Gasteiger partial charge in [0, 0.05) is 16.5 Å². The Labute approximate surface area is 160 Å². The van der Waals surface area contributed by atoms with Crippen molar-refractivity contribution < 1.29 is 19.4 Å². The minimum atomic E-state index is -1.82. The maximum atomic E-state index is 12.9. The van der Waals surface area contributed by atoms with Crippen molar-refractivity contribution in [3.05, 3.63) is 58.1 Å². The zero-order valence-corrected chi connectivity index (χ0v) is 16.2. The Balaban J connectivity index is 1.80. The van der Waals surface area contributed by atoms with Gasteiger partial charge in [0.05, 0.1) is 12.2 Å². The van der Waals surface area contributed by atoms with E-state index in [9.17, 15) is 14.7 Å². The lowest BCUT2D eigenvalue weighted by Gasteiger charge is -2.22. The van der Waals surface area contributed by atoms with Gasteiger partial charge in [-0.1, -0.05) is 33.6 Å². The average molecular weight is 418 g/mol. The van der Waals surface area contributed by atoms with Crippen LogP contribution in [-0.2, 0) is 15.2 Å². The summed E-state index contributed by atoms with van der Waals surface area (Å²) in [6.07, 6.45) is -0.245. The molecule has 0 aliphatic carbocycles. The van der Waals surface area contributed by atoms with Gasteiger partial charge >= 0.3 is 0 Å². The molecule has 3 rings (SSSR count). The van der Waals surface area contributed by atoms with E-state index in [1.807, 2.05) is 31.2 Å². The molecular formula is C20H20BrNO4. The fourth-order valence-electron chi connectivity index (χ4n) is 3.17. The average Bonchev–Trinajstić information content (AvgIpc) is 2.77. The summed E-state index contributed by atoms with van der Waals surface area (Å²) in [6, 6.07) is 12.9. The summed E-state index contributed by atoms with van der Waals surface area (Å²) in [5.74, 6) is -0.0184. The smallest absolute Gasteiger partial charge is 0.264 e. The number of amides is 1. The molecule has 6 heteroatoms. The number of rotatable bonds is 6. The van der Waals surface area contributed by atoms with E-state index in [1.165, 1.54) is 11.8 Å². The minimum Gasteiger partial charge on any atom is -0.492 e. The number of hydrogen-bond acceptors (Lipinski definition) is 4. The molecule has 1 heterocycles. The highest BCUT2D eigenvalue weighted by molar-refractivity contribution is 9.10. The van der Waals surface area contributed by atoms with Crippen molar-refractivity contribution in [2.45, 2.75) is 25.9 Å². The van der Waals surface area contributed by atoms with E-state index in [4.69, 9.17) is 4.74 Å². The molecule has 5 nitrogen and oxygen atoms in total. The molecule has 1 aliphatic rings. The third kappa shape index (κ3) is 3.52. The second-order valence-electron chi connectivity index (χ2n) is 6.52. The molecule has 2 aromatic rings. The zero-order chi connectivity index (χ0) is 18.9. The second-order valence-corrected chi connectivity index (χ2v) is 7.43. The van der Waals surface area contributed by atoms with Crippen LogP contribution in [0.3, 0.4) is 0 Å². The number of halogens is 1. The first-order chi connectivity index (χ1) is 12.3. The molecule has 0 saturated carbocycles. The van der Waals surface area contributed by atoms with Crippen molar-refractivity contribution in [2.24, 2.45) is 0 Å². The second kappa shape index (κ2) is 7.21. The van der Waals surface area contributed by atoms with Gasteiger partial charge in [0.25, 0.3) is 5.91 Å². The number of hydrogen-bond donors (Lipinski definition) is 1. The van der Waals surface area contributed by atoms with Gasteiger partial charge in [-0.25, -0.2) is 0 Å². The van der Waals surface area contributed by atoms with Crippen molar-refractivity contribution >= 4 is 33.3 Å². The van der Waals surface area contributed by atoms with Crippen molar-refractivity contribution in [1.29, 1.82) is 0 Å². The first-order valence-electron chi connectivity index (χ1n) is 8.34. The summed E-state index contributed by atoms with van der Waals surface area (Å²) in [4.78, 5) is 26.0. The topological polar surface area (TPSA) is 66.8 Å². The van der Waals surface area contributed by atoms with Gasteiger partial charge < -0.3 is 14.7 Å². The number of carbonyl (C=O) groups is 2. The van der Waals surface area contributed by atoms with Crippen LogP contribution in [0, 0.1) is 6.92 Å². The van der Waals surface area contributed by atoms with E-state index in [-0.39, 0.29) is 25.4 Å². The number of ether oxygens (including phenoxy) is 1. The molecule has 136 valence electrons. The molecule has 0 radical (unpaired) electrons. The van der Waals surface area contributed by atoms with E-state index in [2.05, 4.69) is 15.9 Å². The predicted molar refractivity (Wildman–Crippen MR) is 102 cm³/mol. The van der Waals surface area contributed by atoms with Crippen LogP contribution in [0.1, 0.15) is 24.5 Å². The molecule has 2 aromatic carbocycles. The van der Waals surface area contributed by atoms with E-state index in [0.717, 1.165) is 15.8 Å². The van der Waals surface area contributed by atoms with Gasteiger partial charge in [0.15, 0.2) is 5.60 Å². The monoisotopic (exact) mass is 417 g/mol. The first kappa shape index (κ1) is 18.6. The van der Waals surface area contributed by atoms with Crippen LogP contribution >= 0.6 is 15.9 Å². The van der Waals surface area contributed by atoms with Gasteiger partial charge in [-0.15, -0.1) is 0 Å². The molecule has 1 unspecified atom stereocenters. The van der Waals surface area contributed by atoms with Crippen molar-refractivity contribution in [1.82, 2.24) is 0 Å². The number of benzene rings is 2. The molecule has 1 amide bonds. The highest BCUT2D eigenvalue weighted by Gasteiger charge is 2.50. The van der Waals surface area contributed by atoms with Gasteiger partial charge in [-0.3, -0.25) is 9.59 Å². The number of anilines is 1. The lowest BCUT2D eigenvalue weighted by molar-refractivity contribution is -0.141. The number of carbonyl (C=O) groups excluding carboxylic acids is 2. The molecule has 0 spiro atoms. The van der Waals surface area contributed by atoms with Gasteiger partial charge in [0.2, 0.25) is 0 Å². The van der Waals surface area contributed by atoms with Crippen LogP contribution in [0.5, 0.6) is 5.75 Å². The molecule has 1 N–H and O–H groups in total. The highest BCUT2D eigenvalue weighted by atomic mass is 79.9. The molecular weight excluding hydrogens is 398 g/mol. The van der Waals surface area contributed by atoms with Gasteiger partial charge in [-0.2, -0.15) is 0 Å². The van der Waals surface area contributed by atoms with Crippen LogP contribution in [-0.4, -0.2) is 29.9 Å². The molecule has 0 bridgehead atoms. The number of aryl methyl sites for hydroxylation is 1. The molecule has 26 heavy (non-hydrogen) atoms. The fourth-order valence-corrected chi connectivity index (χ4v) is 3.53. The van der Waals surface area contributed by atoms with Gasteiger partial charge in [-0.05, 0) is 44.2 Å². The maximum absolute atomic E-state index is 12.9. The Morgan fingerprint density at radius 3 is 2.58 bits per heavy atom. The normalized spacial score (nSPS) is 18.8. The SMILES string of the molecule is CC(=O)CC1(O)C(=O)N(CCOc2ccc(C)cc2)c2ccc(Br)cc21. The van der Waals surface area contributed by atoms with Gasteiger partial charge in [0.1, 0.15) is 18.1 Å². The highest BCUT2D eigenvalue weighted by Crippen LogP contribution is 2.43. The third-order valence-corrected chi connectivity index (χ3v) is 4.90. The number of ketones is 1. The lowest BCUT2D eigenvalue weighted by Crippen LogP contribution is -2.43. The summed E-state index contributed by atoms with van der Waals surface area (Å²) in [5, 5.41) is 11.0. The number of Topliss-reactive ketones (excluding diaryl/α,β-unsaturated/α-hetero) is 1. The van der Waals surface area contributed by atoms with Crippen LogP contribution in [0.4, 0.5) is 5.69 Å². The molecule has 1 atom stereocenters. The van der Waals surface area contributed by atoms with Crippen LogP contribution in [0.25, 0.3) is 0 Å². The van der Waals surface area contributed by atoms with E-state index >= 15 is 0 Å². The lowest BCUT2D eigenvalue weighted by atomic mass is 9.90. The Kier molecular flexibility index (Phi) is 5.16. The quantitative estimate of drug-likeness (QED) is 0.782. The Morgan fingerprint density at radius 2 is 1.92 bits per heavy atom. The molecule has 0 aromatic heterocycles. The summed E-state index contributed by atoms with van der Waals surface area (Å²) in [6.45, 7) is 3.92. The van der Waals surface area contributed by atoms with Crippen molar-refractivity contribution in [2.75, 3.05) is 18.1 Å². The third-order valence-electron chi connectivity index (χ3n) is 4.40. The van der Waals surface area contributed by atoms with Crippen LogP contribution in [0.15, 0.2) is 46.9 Å². The van der Waals surface area contributed by atoms with E-state index in [0.29, 0.717) is 11.3 Å². The largest absolute Gasteiger partial charge is 0.492 e. The molecule has 0 saturated heterocycles. The fraction of sp³-hybridized carbons (Fsp3) is 0.300. The Hall–Kier alpha value is -2.18. The number of aliphatic hydroxyl groups is 1. The zero-order valence-electron chi connectivity index (χ0n) is 14.7. The summed E-state index contributed by atoms with van der Waals surface area (Å²) in [7, 11) is 0. The first-order valence-corrected chi connectivity index (χ1v) is 9.14. The summed E-state index contributed by atoms with van der Waals surface area (Å²) >= 11 is 3.36. The van der Waals surface area contributed by atoms with E-state index in [1.54, 1.807) is 18.2 Å². The van der Waals surface area contributed by atoms with Crippen LogP contribution in [0.2, 0.25) is 0 Å². The van der Waals surface area contributed by atoms with Crippen molar-refractivity contribution in [3.8, 4) is 5.75 Å². The van der Waals surface area contributed by atoms with E-state index < -0.39 is 11.5 Å². The Bertz CT molecular complexity index is 849. The minimum absolute atomic E-state index is 0.245. The predicted octanol–water partition coefficient (Wildman–Crippen LogP) is 3.35. The van der Waals surface area contributed by atoms with Crippen molar-refractivity contribution in [3.63, 3.8) is 0 Å². The van der Waals surface area contributed by atoms with Crippen LogP contribution < -0.4 is 9.64 Å². The summed E-state index contributed by atoms with van der Waals surface area (Å²) in [5.41, 5.74) is 0.368. The Morgan fingerprint density at radius 1 is 1.23 bits per heavy atom. The molecule has 0 fully saturated rings.